The summed E-state index contributed by atoms with van der Waals surface area (Å²) in [6, 6.07) is 4.10. The molecule has 0 heterocycles. The molecule has 210 valence electrons. The number of hydrogen-bond donors (Lipinski definition) is 3. The second kappa shape index (κ2) is 14.2. The van der Waals surface area contributed by atoms with Crippen LogP contribution in [0.5, 0.6) is 5.75 Å². The van der Waals surface area contributed by atoms with Gasteiger partial charge >= 0.3 is 6.09 Å². The predicted molar refractivity (Wildman–Crippen MR) is 147 cm³/mol. The zero-order chi connectivity index (χ0) is 28.5. The third-order valence-corrected chi connectivity index (χ3v) is 5.73. The Kier molecular flexibility index (Phi) is 12.4. The van der Waals surface area contributed by atoms with Gasteiger partial charge in [0.25, 0.3) is 0 Å². The first-order valence-electron chi connectivity index (χ1n) is 13.4. The lowest BCUT2D eigenvalue weighted by molar-refractivity contribution is -0.145. The highest BCUT2D eigenvalue weighted by Crippen LogP contribution is 2.30. The lowest BCUT2D eigenvalue weighted by Gasteiger charge is -2.39. The highest BCUT2D eigenvalue weighted by Gasteiger charge is 2.39. The fraction of sp³-hybridized carbons (Fsp3) is 0.690. The van der Waals surface area contributed by atoms with Crippen molar-refractivity contribution in [1.82, 2.24) is 15.5 Å². The lowest BCUT2D eigenvalue weighted by Crippen LogP contribution is -2.56. The molecule has 1 aromatic rings. The van der Waals surface area contributed by atoms with Crippen LogP contribution in [-0.2, 0) is 14.3 Å². The van der Waals surface area contributed by atoms with Crippen LogP contribution >= 0.6 is 0 Å². The van der Waals surface area contributed by atoms with Crippen LogP contribution in [0.2, 0.25) is 0 Å². The first-order chi connectivity index (χ1) is 17.0. The average Bonchev–Trinajstić information content (AvgIpc) is 2.72. The Labute approximate surface area is 223 Å². The number of rotatable bonds is 12. The maximum absolute atomic E-state index is 14.3. The molecule has 0 aliphatic carbocycles. The van der Waals surface area contributed by atoms with E-state index >= 15 is 0 Å². The second-order valence-electron chi connectivity index (χ2n) is 12.1. The van der Waals surface area contributed by atoms with Crippen molar-refractivity contribution >= 4 is 17.9 Å². The summed E-state index contributed by atoms with van der Waals surface area (Å²) in [4.78, 5) is 42.2. The smallest absolute Gasteiger partial charge is 0.408 e. The zero-order valence-corrected chi connectivity index (χ0v) is 24.4. The Morgan fingerprint density at radius 2 is 1.57 bits per heavy atom. The molecule has 37 heavy (non-hydrogen) atoms. The van der Waals surface area contributed by atoms with E-state index in [9.17, 15) is 19.5 Å². The maximum Gasteiger partial charge on any atom is 0.408 e. The molecule has 0 aliphatic rings. The number of ether oxygens (including phenoxy) is 1. The molecule has 0 bridgehead atoms. The normalized spacial score (nSPS) is 14.3. The van der Waals surface area contributed by atoms with E-state index in [1.807, 2.05) is 34.6 Å². The summed E-state index contributed by atoms with van der Waals surface area (Å²) in [6.45, 7) is 19.1. The molecule has 3 amide bonds. The first kappa shape index (κ1) is 32.3. The summed E-state index contributed by atoms with van der Waals surface area (Å²) in [6.07, 6.45) is 1.23. The van der Waals surface area contributed by atoms with Crippen LogP contribution in [0, 0.1) is 11.8 Å². The van der Waals surface area contributed by atoms with E-state index in [4.69, 9.17) is 4.74 Å². The average molecular weight is 520 g/mol. The number of phenolic OH excluding ortho intramolecular Hbond substituents is 1. The van der Waals surface area contributed by atoms with Crippen molar-refractivity contribution in [3.05, 3.63) is 29.8 Å². The summed E-state index contributed by atoms with van der Waals surface area (Å²) in [7, 11) is 0. The number of hydrogen-bond acceptors (Lipinski definition) is 5. The molecule has 3 atom stereocenters. The van der Waals surface area contributed by atoms with Crippen LogP contribution < -0.4 is 10.6 Å². The summed E-state index contributed by atoms with van der Waals surface area (Å²) in [5.74, 6) is -0.184. The minimum Gasteiger partial charge on any atom is -0.508 e. The molecule has 0 aromatic heterocycles. The standard InChI is InChI=1S/C29H49N3O5/c1-18(2)14-15-21(7)32(25(26(34)30-20(5)6)22-12-11-13-23(33)17-22)27(35)24(16-19(3)4)31-28(36)37-29(8,9)10/h11-13,17-21,24-25,33H,14-16H2,1-10H3,(H,30,34)(H,31,36). The summed E-state index contributed by atoms with van der Waals surface area (Å²) < 4.78 is 5.45. The van der Waals surface area contributed by atoms with Gasteiger partial charge in [0.05, 0.1) is 0 Å². The van der Waals surface area contributed by atoms with Gasteiger partial charge in [0.2, 0.25) is 11.8 Å². The molecule has 3 unspecified atom stereocenters. The van der Waals surface area contributed by atoms with Crippen LogP contribution in [-0.4, -0.2) is 51.6 Å². The van der Waals surface area contributed by atoms with Gasteiger partial charge in [-0.3, -0.25) is 9.59 Å². The molecule has 0 saturated heterocycles. The van der Waals surface area contributed by atoms with Gasteiger partial charge in [0.15, 0.2) is 0 Å². The van der Waals surface area contributed by atoms with Gasteiger partial charge in [-0.15, -0.1) is 0 Å². The molecule has 8 nitrogen and oxygen atoms in total. The van der Waals surface area contributed by atoms with E-state index in [0.717, 1.165) is 6.42 Å². The number of benzene rings is 1. The van der Waals surface area contributed by atoms with Gasteiger partial charge in [-0.2, -0.15) is 0 Å². The molecule has 1 rings (SSSR count). The van der Waals surface area contributed by atoms with Gasteiger partial charge in [-0.1, -0.05) is 39.8 Å². The van der Waals surface area contributed by atoms with E-state index in [2.05, 4.69) is 24.5 Å². The summed E-state index contributed by atoms with van der Waals surface area (Å²) in [5.41, 5.74) is -0.218. The number of nitrogens with zero attached hydrogens (tertiary/aromatic N) is 1. The highest BCUT2D eigenvalue weighted by atomic mass is 16.6. The molecule has 0 spiro atoms. The minimum absolute atomic E-state index is 0.00712. The van der Waals surface area contributed by atoms with Crippen LogP contribution in [0.3, 0.4) is 0 Å². The van der Waals surface area contributed by atoms with Gasteiger partial charge < -0.3 is 25.4 Å². The van der Waals surface area contributed by atoms with Gasteiger partial charge in [-0.05, 0) is 90.3 Å². The van der Waals surface area contributed by atoms with Crippen LogP contribution in [0.1, 0.15) is 100 Å². The molecule has 0 fully saturated rings. The molecule has 8 heteroatoms. The fourth-order valence-electron chi connectivity index (χ4n) is 4.13. The van der Waals surface area contributed by atoms with Crippen molar-refractivity contribution in [1.29, 1.82) is 0 Å². The Morgan fingerprint density at radius 3 is 2.05 bits per heavy atom. The maximum atomic E-state index is 14.3. The Bertz CT molecular complexity index is 892. The van der Waals surface area contributed by atoms with Gasteiger partial charge in [0, 0.05) is 12.1 Å². The number of nitrogens with one attached hydrogen (secondary N) is 2. The summed E-state index contributed by atoms with van der Waals surface area (Å²) >= 11 is 0. The van der Waals surface area contributed by atoms with E-state index < -0.39 is 23.8 Å². The lowest BCUT2D eigenvalue weighted by atomic mass is 9.95. The largest absolute Gasteiger partial charge is 0.508 e. The third-order valence-electron chi connectivity index (χ3n) is 5.73. The van der Waals surface area contributed by atoms with E-state index in [1.54, 1.807) is 37.8 Å². The van der Waals surface area contributed by atoms with Crippen molar-refractivity contribution in [3.8, 4) is 5.75 Å². The predicted octanol–water partition coefficient (Wildman–Crippen LogP) is 5.55. The topological polar surface area (TPSA) is 108 Å². The van der Waals surface area contributed by atoms with Crippen molar-refractivity contribution in [2.24, 2.45) is 11.8 Å². The van der Waals surface area contributed by atoms with Crippen molar-refractivity contribution in [2.75, 3.05) is 0 Å². The SMILES string of the molecule is CC(C)CCC(C)N(C(=O)C(CC(C)C)NC(=O)OC(C)(C)C)C(C(=O)NC(C)C)c1cccc(O)c1. The van der Waals surface area contributed by atoms with Crippen LogP contribution in [0.15, 0.2) is 24.3 Å². The Balaban J connectivity index is 3.61. The van der Waals surface area contributed by atoms with Gasteiger partial charge in [0.1, 0.15) is 23.4 Å². The quantitative estimate of drug-likeness (QED) is 0.335. The molecule has 1 aromatic carbocycles. The summed E-state index contributed by atoms with van der Waals surface area (Å²) in [5, 5.41) is 15.9. The van der Waals surface area contributed by atoms with E-state index in [-0.39, 0.29) is 35.6 Å². The number of alkyl carbamates (subject to hydrolysis) is 1. The van der Waals surface area contributed by atoms with E-state index in [0.29, 0.717) is 24.3 Å². The number of amides is 3. The number of carbonyl (C=O) groups is 3. The van der Waals surface area contributed by atoms with Gasteiger partial charge in [-0.25, -0.2) is 4.79 Å². The monoisotopic (exact) mass is 519 g/mol. The molecule has 0 radical (unpaired) electrons. The van der Waals surface area contributed by atoms with E-state index in [1.165, 1.54) is 12.1 Å². The molecular weight excluding hydrogens is 470 g/mol. The third kappa shape index (κ3) is 11.4. The number of aromatic hydroxyl groups is 1. The zero-order valence-electron chi connectivity index (χ0n) is 24.4. The van der Waals surface area contributed by atoms with Crippen LogP contribution in [0.25, 0.3) is 0 Å². The molecule has 0 saturated carbocycles. The van der Waals surface area contributed by atoms with Crippen molar-refractivity contribution in [2.45, 2.75) is 118 Å². The highest BCUT2D eigenvalue weighted by molar-refractivity contribution is 5.92. The Morgan fingerprint density at radius 1 is 0.946 bits per heavy atom. The molecule has 0 aliphatic heterocycles. The Hall–Kier alpha value is -2.77. The molecular formula is C29H49N3O5. The van der Waals surface area contributed by atoms with Crippen LogP contribution in [0.4, 0.5) is 4.79 Å². The fourth-order valence-corrected chi connectivity index (χ4v) is 4.13. The second-order valence-corrected chi connectivity index (χ2v) is 12.1. The van der Waals surface area contributed by atoms with Crippen molar-refractivity contribution < 1.29 is 24.2 Å². The first-order valence-corrected chi connectivity index (χ1v) is 13.4. The minimum atomic E-state index is -0.987. The molecule has 3 N–H and O–H groups in total. The number of phenols is 1. The number of carbonyl (C=O) groups excluding carboxylic acids is 3. The van der Waals surface area contributed by atoms with Crippen molar-refractivity contribution in [3.63, 3.8) is 0 Å².